The monoisotopic (exact) mass is 326 g/mol. The van der Waals surface area contributed by atoms with Crippen molar-refractivity contribution in [1.82, 2.24) is 20.4 Å². The Kier molecular flexibility index (Phi) is 5.38. The van der Waals surface area contributed by atoms with Crippen molar-refractivity contribution >= 4 is 5.91 Å². The standard InChI is InChI=1S/C15H17F3N4O/c1-11(21-14(23)9-19-10-15(16,17)18)12-4-2-5-13(8-12)22-7-3-6-20-22/h2-8,11,19H,9-10H2,1H3,(H,21,23)/t11-/m0/s1. The van der Waals surface area contributed by atoms with E-state index in [1.807, 2.05) is 24.3 Å². The second kappa shape index (κ2) is 7.28. The lowest BCUT2D eigenvalue weighted by atomic mass is 10.1. The molecule has 0 aliphatic carbocycles. The highest BCUT2D eigenvalue weighted by molar-refractivity contribution is 5.78. The Bertz CT molecular complexity index is 640. The maximum Gasteiger partial charge on any atom is 0.401 e. The molecule has 1 aromatic carbocycles. The van der Waals surface area contributed by atoms with Gasteiger partial charge in [-0.1, -0.05) is 12.1 Å². The van der Waals surface area contributed by atoms with Gasteiger partial charge in [0.05, 0.1) is 24.8 Å². The molecule has 0 aliphatic rings. The van der Waals surface area contributed by atoms with Crippen LogP contribution >= 0.6 is 0 Å². The molecule has 1 atom stereocenters. The molecule has 1 aromatic heterocycles. The minimum atomic E-state index is -4.33. The molecule has 2 N–H and O–H groups in total. The van der Waals surface area contributed by atoms with E-state index in [4.69, 9.17) is 0 Å². The van der Waals surface area contributed by atoms with Gasteiger partial charge in [0.15, 0.2) is 0 Å². The quantitative estimate of drug-likeness (QED) is 0.856. The average molecular weight is 326 g/mol. The highest BCUT2D eigenvalue weighted by atomic mass is 19.4. The first-order valence-electron chi connectivity index (χ1n) is 7.02. The first-order chi connectivity index (χ1) is 10.8. The highest BCUT2D eigenvalue weighted by Crippen LogP contribution is 2.16. The molecule has 0 radical (unpaired) electrons. The van der Waals surface area contributed by atoms with Gasteiger partial charge in [0.25, 0.3) is 0 Å². The molecular weight excluding hydrogens is 309 g/mol. The van der Waals surface area contributed by atoms with E-state index in [2.05, 4.69) is 15.7 Å². The van der Waals surface area contributed by atoms with Crippen LogP contribution in [0.25, 0.3) is 5.69 Å². The number of nitrogens with zero attached hydrogens (tertiary/aromatic N) is 2. The smallest absolute Gasteiger partial charge is 0.348 e. The maximum absolute atomic E-state index is 12.0. The van der Waals surface area contributed by atoms with Crippen molar-refractivity contribution in [2.24, 2.45) is 0 Å². The van der Waals surface area contributed by atoms with Gasteiger partial charge >= 0.3 is 6.18 Å². The van der Waals surface area contributed by atoms with Crippen LogP contribution in [0.5, 0.6) is 0 Å². The Labute approximate surface area is 131 Å². The summed E-state index contributed by atoms with van der Waals surface area (Å²) >= 11 is 0. The first kappa shape index (κ1) is 17.0. The fourth-order valence-corrected chi connectivity index (χ4v) is 2.05. The second-order valence-electron chi connectivity index (χ2n) is 5.05. The molecule has 124 valence electrons. The molecule has 0 saturated carbocycles. The molecule has 0 aliphatic heterocycles. The van der Waals surface area contributed by atoms with Crippen molar-refractivity contribution in [2.45, 2.75) is 19.1 Å². The molecule has 23 heavy (non-hydrogen) atoms. The summed E-state index contributed by atoms with van der Waals surface area (Å²) in [7, 11) is 0. The van der Waals surface area contributed by atoms with Crippen LogP contribution in [0.15, 0.2) is 42.7 Å². The summed E-state index contributed by atoms with van der Waals surface area (Å²) in [6, 6.07) is 8.87. The van der Waals surface area contributed by atoms with E-state index in [1.165, 1.54) is 0 Å². The largest absolute Gasteiger partial charge is 0.401 e. The summed E-state index contributed by atoms with van der Waals surface area (Å²) in [6.07, 6.45) is -0.877. The maximum atomic E-state index is 12.0. The Morgan fingerprint density at radius 2 is 2.13 bits per heavy atom. The molecule has 2 aromatic rings. The third kappa shape index (κ3) is 5.41. The van der Waals surface area contributed by atoms with Gasteiger partial charge in [-0.25, -0.2) is 4.68 Å². The van der Waals surface area contributed by atoms with E-state index >= 15 is 0 Å². The number of carbonyl (C=O) groups excluding carboxylic acids is 1. The first-order valence-corrected chi connectivity index (χ1v) is 7.02. The molecule has 0 bridgehead atoms. The van der Waals surface area contributed by atoms with Crippen molar-refractivity contribution < 1.29 is 18.0 Å². The predicted octanol–water partition coefficient (Wildman–Crippen LogP) is 2.20. The van der Waals surface area contributed by atoms with Crippen LogP contribution in [-0.2, 0) is 4.79 Å². The van der Waals surface area contributed by atoms with Gasteiger partial charge in [0, 0.05) is 12.4 Å². The number of carbonyl (C=O) groups is 1. The van der Waals surface area contributed by atoms with E-state index in [1.54, 1.807) is 30.1 Å². The predicted molar refractivity (Wildman–Crippen MR) is 79.0 cm³/mol. The van der Waals surface area contributed by atoms with Crippen LogP contribution < -0.4 is 10.6 Å². The normalized spacial score (nSPS) is 12.9. The van der Waals surface area contributed by atoms with Crippen LogP contribution in [0.2, 0.25) is 0 Å². The van der Waals surface area contributed by atoms with Crippen LogP contribution in [0.4, 0.5) is 13.2 Å². The third-order valence-corrected chi connectivity index (χ3v) is 3.13. The average Bonchev–Trinajstić information content (AvgIpc) is 3.00. The van der Waals surface area contributed by atoms with Gasteiger partial charge in [-0.15, -0.1) is 0 Å². The summed E-state index contributed by atoms with van der Waals surface area (Å²) in [5.41, 5.74) is 1.67. The molecule has 2 rings (SSSR count). The molecule has 0 spiro atoms. The van der Waals surface area contributed by atoms with Gasteiger partial charge in [-0.3, -0.25) is 4.79 Å². The molecule has 0 saturated heterocycles. The molecule has 1 heterocycles. The molecule has 0 unspecified atom stereocenters. The van der Waals surface area contributed by atoms with Crippen LogP contribution in [-0.4, -0.2) is 35.0 Å². The van der Waals surface area contributed by atoms with E-state index in [-0.39, 0.29) is 12.6 Å². The minimum Gasteiger partial charge on any atom is -0.348 e. The molecule has 5 nitrogen and oxygen atoms in total. The van der Waals surface area contributed by atoms with E-state index < -0.39 is 18.6 Å². The zero-order valence-corrected chi connectivity index (χ0v) is 12.5. The van der Waals surface area contributed by atoms with E-state index in [0.29, 0.717) is 0 Å². The number of alkyl halides is 3. The summed E-state index contributed by atoms with van der Waals surface area (Å²) in [5, 5.41) is 8.85. The van der Waals surface area contributed by atoms with Gasteiger partial charge < -0.3 is 10.6 Å². The third-order valence-electron chi connectivity index (χ3n) is 3.13. The zero-order chi connectivity index (χ0) is 16.9. The number of amides is 1. The lowest BCUT2D eigenvalue weighted by Crippen LogP contribution is -2.39. The summed E-state index contributed by atoms with van der Waals surface area (Å²) in [5.74, 6) is -0.494. The summed E-state index contributed by atoms with van der Waals surface area (Å²) in [4.78, 5) is 11.7. The Balaban J connectivity index is 1.92. The number of rotatable bonds is 6. The van der Waals surface area contributed by atoms with Gasteiger partial charge in [0.2, 0.25) is 5.91 Å². The van der Waals surface area contributed by atoms with Gasteiger partial charge in [-0.05, 0) is 30.7 Å². The van der Waals surface area contributed by atoms with Crippen molar-refractivity contribution in [1.29, 1.82) is 0 Å². The van der Waals surface area contributed by atoms with Gasteiger partial charge in [0.1, 0.15) is 0 Å². The topological polar surface area (TPSA) is 59.0 Å². The lowest BCUT2D eigenvalue weighted by molar-refractivity contribution is -0.128. The van der Waals surface area contributed by atoms with E-state index in [0.717, 1.165) is 11.3 Å². The van der Waals surface area contributed by atoms with Crippen molar-refractivity contribution in [3.8, 4) is 5.69 Å². The number of benzene rings is 1. The van der Waals surface area contributed by atoms with Crippen LogP contribution in [0.3, 0.4) is 0 Å². The van der Waals surface area contributed by atoms with Crippen molar-refractivity contribution in [2.75, 3.05) is 13.1 Å². The summed E-state index contributed by atoms with van der Waals surface area (Å²) in [6.45, 7) is 0.191. The summed E-state index contributed by atoms with van der Waals surface area (Å²) < 4.78 is 37.7. The van der Waals surface area contributed by atoms with Crippen molar-refractivity contribution in [3.63, 3.8) is 0 Å². The second-order valence-corrected chi connectivity index (χ2v) is 5.05. The SMILES string of the molecule is C[C@H](NC(=O)CNCC(F)(F)F)c1cccc(-n2cccn2)c1. The van der Waals surface area contributed by atoms with Crippen molar-refractivity contribution in [3.05, 3.63) is 48.3 Å². The molecule has 0 fully saturated rings. The molecule has 8 heteroatoms. The number of hydrogen-bond donors (Lipinski definition) is 2. The zero-order valence-electron chi connectivity index (χ0n) is 12.5. The Morgan fingerprint density at radius 1 is 1.35 bits per heavy atom. The molecule has 1 amide bonds. The Morgan fingerprint density at radius 3 is 2.78 bits per heavy atom. The van der Waals surface area contributed by atoms with Gasteiger partial charge in [-0.2, -0.15) is 18.3 Å². The Hall–Kier alpha value is -2.35. The number of hydrogen-bond acceptors (Lipinski definition) is 3. The minimum absolute atomic E-state index is 0.328. The van der Waals surface area contributed by atoms with Crippen LogP contribution in [0.1, 0.15) is 18.5 Å². The molecular formula is C15H17F3N4O. The number of halogens is 3. The number of aromatic nitrogens is 2. The number of nitrogens with one attached hydrogen (secondary N) is 2. The lowest BCUT2D eigenvalue weighted by Gasteiger charge is -2.16. The van der Waals surface area contributed by atoms with E-state index in [9.17, 15) is 18.0 Å². The van der Waals surface area contributed by atoms with Crippen LogP contribution in [0, 0.1) is 0 Å². The fourth-order valence-electron chi connectivity index (χ4n) is 2.05. The fraction of sp³-hybridized carbons (Fsp3) is 0.333. The highest BCUT2D eigenvalue weighted by Gasteiger charge is 2.26.